The SMILES string of the molecule is Cc1ccc(OCCC[C@H](O)Cn2cnc(C(N)=O)c2)cc1C. The van der Waals surface area contributed by atoms with Gasteiger partial charge in [-0.25, -0.2) is 4.98 Å². The van der Waals surface area contributed by atoms with E-state index in [1.807, 2.05) is 18.2 Å². The second-order valence-corrected chi connectivity index (χ2v) is 5.71. The zero-order valence-corrected chi connectivity index (χ0v) is 13.5. The van der Waals surface area contributed by atoms with E-state index in [0.717, 1.165) is 12.2 Å². The Morgan fingerprint density at radius 3 is 2.83 bits per heavy atom. The topological polar surface area (TPSA) is 90.4 Å². The Kier molecular flexibility index (Phi) is 5.76. The summed E-state index contributed by atoms with van der Waals surface area (Å²) in [5.74, 6) is 0.281. The largest absolute Gasteiger partial charge is 0.494 e. The number of primary amides is 1. The fourth-order valence-electron chi connectivity index (χ4n) is 2.23. The van der Waals surface area contributed by atoms with Crippen LogP contribution < -0.4 is 10.5 Å². The van der Waals surface area contributed by atoms with Crippen LogP contribution in [0.4, 0.5) is 0 Å². The van der Waals surface area contributed by atoms with Gasteiger partial charge in [0.15, 0.2) is 0 Å². The van der Waals surface area contributed by atoms with E-state index in [0.29, 0.717) is 19.6 Å². The lowest BCUT2D eigenvalue weighted by Gasteiger charge is -2.12. The van der Waals surface area contributed by atoms with E-state index in [1.165, 1.54) is 23.7 Å². The lowest BCUT2D eigenvalue weighted by molar-refractivity contribution is 0.0995. The minimum atomic E-state index is -0.569. The molecule has 0 aliphatic carbocycles. The average Bonchev–Trinajstić information content (AvgIpc) is 2.96. The number of hydrogen-bond acceptors (Lipinski definition) is 4. The summed E-state index contributed by atoms with van der Waals surface area (Å²) in [5, 5.41) is 10.0. The number of benzene rings is 1. The van der Waals surface area contributed by atoms with Gasteiger partial charge in [-0.1, -0.05) is 6.07 Å². The molecule has 2 rings (SSSR count). The van der Waals surface area contributed by atoms with Gasteiger partial charge in [-0.3, -0.25) is 4.79 Å². The maximum atomic E-state index is 11.0. The van der Waals surface area contributed by atoms with E-state index >= 15 is 0 Å². The highest BCUT2D eigenvalue weighted by Crippen LogP contribution is 2.16. The van der Waals surface area contributed by atoms with Crippen LogP contribution in [-0.2, 0) is 6.54 Å². The van der Waals surface area contributed by atoms with Crippen LogP contribution in [-0.4, -0.2) is 33.3 Å². The summed E-state index contributed by atoms with van der Waals surface area (Å²) in [7, 11) is 0. The number of hydrogen-bond donors (Lipinski definition) is 2. The van der Waals surface area contributed by atoms with Gasteiger partial charge in [0.25, 0.3) is 5.91 Å². The van der Waals surface area contributed by atoms with E-state index in [-0.39, 0.29) is 5.69 Å². The summed E-state index contributed by atoms with van der Waals surface area (Å²) in [6.07, 6.45) is 3.86. The zero-order valence-electron chi connectivity index (χ0n) is 13.5. The standard InChI is InChI=1S/C17H23N3O3/c1-12-5-6-15(8-13(12)2)23-7-3-4-14(21)9-20-10-16(17(18)22)19-11-20/h5-6,8,10-11,14,21H,3-4,7,9H2,1-2H3,(H2,18,22)/t14-/m0/s1. The van der Waals surface area contributed by atoms with Crippen molar-refractivity contribution in [2.75, 3.05) is 6.61 Å². The molecule has 2 aromatic rings. The van der Waals surface area contributed by atoms with Gasteiger partial charge in [-0.2, -0.15) is 0 Å². The smallest absolute Gasteiger partial charge is 0.268 e. The van der Waals surface area contributed by atoms with E-state index < -0.39 is 12.0 Å². The van der Waals surface area contributed by atoms with Crippen LogP contribution in [0.15, 0.2) is 30.7 Å². The predicted molar refractivity (Wildman–Crippen MR) is 87.4 cm³/mol. The quantitative estimate of drug-likeness (QED) is 0.727. The maximum absolute atomic E-state index is 11.0. The fraction of sp³-hybridized carbons (Fsp3) is 0.412. The number of nitrogens with two attached hydrogens (primary N) is 1. The van der Waals surface area contributed by atoms with Crippen molar-refractivity contribution in [2.24, 2.45) is 5.73 Å². The van der Waals surface area contributed by atoms with Crippen molar-refractivity contribution < 1.29 is 14.6 Å². The molecule has 1 aromatic heterocycles. The highest BCUT2D eigenvalue weighted by Gasteiger charge is 2.09. The van der Waals surface area contributed by atoms with Crippen LogP contribution in [0.2, 0.25) is 0 Å². The highest BCUT2D eigenvalue weighted by atomic mass is 16.5. The highest BCUT2D eigenvalue weighted by molar-refractivity contribution is 5.90. The van der Waals surface area contributed by atoms with Crippen molar-refractivity contribution in [3.63, 3.8) is 0 Å². The predicted octanol–water partition coefficient (Wildman–Crippen LogP) is 1.82. The summed E-state index contributed by atoms with van der Waals surface area (Å²) < 4.78 is 7.35. The monoisotopic (exact) mass is 317 g/mol. The van der Waals surface area contributed by atoms with Crippen LogP contribution in [0.5, 0.6) is 5.75 Å². The van der Waals surface area contributed by atoms with E-state index in [4.69, 9.17) is 10.5 Å². The Morgan fingerprint density at radius 1 is 1.39 bits per heavy atom. The Labute approximate surface area is 135 Å². The summed E-state index contributed by atoms with van der Waals surface area (Å²) in [6, 6.07) is 6.01. The molecular formula is C17H23N3O3. The van der Waals surface area contributed by atoms with Crippen molar-refractivity contribution >= 4 is 5.91 Å². The van der Waals surface area contributed by atoms with Gasteiger partial charge in [0.05, 0.1) is 19.0 Å². The van der Waals surface area contributed by atoms with Crippen LogP contribution in [0.3, 0.4) is 0 Å². The molecule has 0 saturated heterocycles. The van der Waals surface area contributed by atoms with E-state index in [1.54, 1.807) is 4.57 Å². The fourth-order valence-corrected chi connectivity index (χ4v) is 2.23. The second-order valence-electron chi connectivity index (χ2n) is 5.71. The van der Waals surface area contributed by atoms with Gasteiger partial charge in [0.2, 0.25) is 0 Å². The molecule has 1 heterocycles. The lowest BCUT2D eigenvalue weighted by atomic mass is 10.1. The minimum Gasteiger partial charge on any atom is -0.494 e. The second kappa shape index (κ2) is 7.78. The number of carbonyl (C=O) groups is 1. The molecule has 23 heavy (non-hydrogen) atoms. The Balaban J connectivity index is 1.70. The molecule has 0 bridgehead atoms. The molecular weight excluding hydrogens is 294 g/mol. The first-order valence-corrected chi connectivity index (χ1v) is 7.65. The maximum Gasteiger partial charge on any atom is 0.268 e. The van der Waals surface area contributed by atoms with Crippen LogP contribution in [0, 0.1) is 13.8 Å². The zero-order chi connectivity index (χ0) is 16.8. The summed E-state index contributed by atoms with van der Waals surface area (Å²) in [5.41, 5.74) is 7.78. The van der Waals surface area contributed by atoms with Gasteiger partial charge in [-0.15, -0.1) is 0 Å². The molecule has 1 atom stereocenters. The van der Waals surface area contributed by atoms with E-state index in [9.17, 15) is 9.90 Å². The molecule has 0 radical (unpaired) electrons. The third-order valence-corrected chi connectivity index (χ3v) is 3.74. The van der Waals surface area contributed by atoms with Gasteiger partial charge in [0, 0.05) is 12.7 Å². The molecule has 1 amide bonds. The number of rotatable bonds is 8. The van der Waals surface area contributed by atoms with Gasteiger partial charge in [0.1, 0.15) is 11.4 Å². The number of amides is 1. The average molecular weight is 317 g/mol. The Bertz CT molecular complexity index is 667. The van der Waals surface area contributed by atoms with Crippen LogP contribution in [0.1, 0.15) is 34.5 Å². The number of ether oxygens (including phenoxy) is 1. The van der Waals surface area contributed by atoms with E-state index in [2.05, 4.69) is 18.8 Å². The number of imidazole rings is 1. The molecule has 0 aliphatic heterocycles. The molecule has 1 aromatic carbocycles. The number of carbonyl (C=O) groups excluding carboxylic acids is 1. The molecule has 0 saturated carbocycles. The number of aliphatic hydroxyl groups excluding tert-OH is 1. The molecule has 124 valence electrons. The van der Waals surface area contributed by atoms with Crippen molar-refractivity contribution in [2.45, 2.75) is 39.3 Å². The minimum absolute atomic E-state index is 0.204. The molecule has 0 spiro atoms. The Morgan fingerprint density at radius 2 is 2.17 bits per heavy atom. The van der Waals surface area contributed by atoms with Gasteiger partial charge >= 0.3 is 0 Å². The lowest BCUT2D eigenvalue weighted by Crippen LogP contribution is -2.16. The van der Waals surface area contributed by atoms with Crippen molar-refractivity contribution in [3.05, 3.63) is 47.5 Å². The summed E-state index contributed by atoms with van der Waals surface area (Å²) >= 11 is 0. The van der Waals surface area contributed by atoms with Gasteiger partial charge < -0.3 is 20.1 Å². The van der Waals surface area contributed by atoms with Crippen molar-refractivity contribution in [1.29, 1.82) is 0 Å². The van der Waals surface area contributed by atoms with Crippen LogP contribution >= 0.6 is 0 Å². The summed E-state index contributed by atoms with van der Waals surface area (Å²) in [6.45, 7) is 5.05. The number of nitrogens with zero attached hydrogens (tertiary/aromatic N) is 2. The molecule has 0 unspecified atom stereocenters. The normalized spacial score (nSPS) is 12.1. The van der Waals surface area contributed by atoms with Gasteiger partial charge in [-0.05, 0) is 49.9 Å². The molecule has 3 N–H and O–H groups in total. The first kappa shape index (κ1) is 17.0. The summed E-state index contributed by atoms with van der Waals surface area (Å²) in [4.78, 5) is 14.8. The first-order chi connectivity index (χ1) is 11.0. The van der Waals surface area contributed by atoms with Crippen molar-refractivity contribution in [1.82, 2.24) is 9.55 Å². The van der Waals surface area contributed by atoms with Crippen molar-refractivity contribution in [3.8, 4) is 5.75 Å². The number of aryl methyl sites for hydroxylation is 2. The number of aliphatic hydroxyl groups is 1. The third-order valence-electron chi connectivity index (χ3n) is 3.74. The first-order valence-electron chi connectivity index (χ1n) is 7.65. The molecule has 6 nitrogen and oxygen atoms in total. The molecule has 6 heteroatoms. The molecule has 0 aliphatic rings. The third kappa shape index (κ3) is 5.10. The molecule has 0 fully saturated rings. The Hall–Kier alpha value is -2.34. The van der Waals surface area contributed by atoms with Crippen LogP contribution in [0.25, 0.3) is 0 Å². The number of aromatic nitrogens is 2.